The first-order valence-corrected chi connectivity index (χ1v) is 13.6. The third-order valence-electron chi connectivity index (χ3n) is 5.68. The van der Waals surface area contributed by atoms with Crippen molar-refractivity contribution in [3.05, 3.63) is 119 Å². The lowest BCUT2D eigenvalue weighted by Crippen LogP contribution is -1.95. The number of phenolic OH excluding ortho intramolecular Hbond substituents is 4. The third-order valence-corrected chi connectivity index (χ3v) is 5.68. The molecule has 0 saturated heterocycles. The standard InChI is InChI=1S/3C9H10O2.C8H8O2/c1-7(10)6-8-2-4-9(11)5-3-8;1-2-9(11)7-4-3-5-8(10)6-7;1-2-8(10)7-5-3-4-6-9(7)11;1-6(9)7-2-4-8(10)5-3-7/h2-5,11H,6H2,1H3;3-6,10H,2H2,1H3;3-6,11H,2H2,1H3;2-5,10H,1H3. The second kappa shape index (κ2) is 19.0. The SMILES string of the molecule is CC(=O)Cc1ccc(O)cc1.CC(=O)c1ccc(O)cc1.CCC(=O)c1cccc(O)c1.CCC(=O)c1ccccc1O. The number of aromatic hydroxyl groups is 4. The van der Waals surface area contributed by atoms with Gasteiger partial charge in [0.05, 0.1) is 5.56 Å². The van der Waals surface area contributed by atoms with Crippen molar-refractivity contribution < 1.29 is 39.6 Å². The average molecular weight is 587 g/mol. The molecule has 0 aliphatic heterocycles. The summed E-state index contributed by atoms with van der Waals surface area (Å²) in [4.78, 5) is 43.4. The van der Waals surface area contributed by atoms with E-state index in [1.807, 2.05) is 0 Å². The maximum atomic E-state index is 11.1. The number of phenols is 4. The molecule has 0 radical (unpaired) electrons. The molecule has 0 bridgehead atoms. The van der Waals surface area contributed by atoms with Gasteiger partial charge in [-0.1, -0.05) is 50.2 Å². The predicted octanol–water partition coefficient (Wildman–Crippen LogP) is 7.09. The molecule has 0 fully saturated rings. The molecule has 4 aromatic carbocycles. The molecule has 0 atom stereocenters. The smallest absolute Gasteiger partial charge is 0.166 e. The molecule has 8 nitrogen and oxygen atoms in total. The van der Waals surface area contributed by atoms with Crippen molar-refractivity contribution >= 4 is 23.1 Å². The van der Waals surface area contributed by atoms with Gasteiger partial charge in [-0.15, -0.1) is 0 Å². The van der Waals surface area contributed by atoms with Crippen LogP contribution in [0.2, 0.25) is 0 Å². The van der Waals surface area contributed by atoms with Crippen molar-refractivity contribution in [2.75, 3.05) is 0 Å². The van der Waals surface area contributed by atoms with Crippen LogP contribution in [-0.2, 0) is 11.2 Å². The van der Waals surface area contributed by atoms with Crippen LogP contribution in [0, 0.1) is 0 Å². The molecule has 4 N–H and O–H groups in total. The van der Waals surface area contributed by atoms with Crippen molar-refractivity contribution in [1.82, 2.24) is 0 Å². The molecule has 4 rings (SSSR count). The summed E-state index contributed by atoms with van der Waals surface area (Å²) in [7, 11) is 0. The van der Waals surface area contributed by atoms with Gasteiger partial charge >= 0.3 is 0 Å². The molecule has 0 aliphatic carbocycles. The van der Waals surface area contributed by atoms with E-state index in [1.165, 1.54) is 31.2 Å². The van der Waals surface area contributed by atoms with Gasteiger partial charge in [-0.25, -0.2) is 0 Å². The summed E-state index contributed by atoms with van der Waals surface area (Å²) in [5.74, 6) is 0.811. The maximum Gasteiger partial charge on any atom is 0.166 e. The van der Waals surface area contributed by atoms with Crippen LogP contribution in [0.1, 0.15) is 77.2 Å². The zero-order valence-corrected chi connectivity index (χ0v) is 24.8. The third kappa shape index (κ3) is 14.3. The molecule has 0 spiro atoms. The topological polar surface area (TPSA) is 149 Å². The van der Waals surface area contributed by atoms with E-state index < -0.39 is 0 Å². The minimum absolute atomic E-state index is 0.0139. The number of carbonyl (C=O) groups excluding carboxylic acids is 4. The Balaban J connectivity index is 0.000000287. The van der Waals surface area contributed by atoms with Crippen LogP contribution in [-0.4, -0.2) is 43.6 Å². The Labute approximate surface area is 251 Å². The fraction of sp³-hybridized carbons (Fsp3) is 0.200. The Morgan fingerprint density at radius 3 is 1.56 bits per heavy atom. The fourth-order valence-corrected chi connectivity index (χ4v) is 3.38. The zero-order chi connectivity index (χ0) is 32.4. The van der Waals surface area contributed by atoms with Crippen molar-refractivity contribution in [2.45, 2.75) is 47.0 Å². The van der Waals surface area contributed by atoms with Gasteiger partial charge in [0.2, 0.25) is 0 Å². The number of rotatable bonds is 7. The first-order valence-electron chi connectivity index (χ1n) is 13.6. The largest absolute Gasteiger partial charge is 0.508 e. The van der Waals surface area contributed by atoms with E-state index in [-0.39, 0.29) is 46.1 Å². The molecule has 0 amide bonds. The van der Waals surface area contributed by atoms with Gasteiger partial charge < -0.3 is 20.4 Å². The summed E-state index contributed by atoms with van der Waals surface area (Å²) < 4.78 is 0. The Kier molecular flexibility index (Phi) is 15.8. The maximum absolute atomic E-state index is 11.1. The second-order valence-electron chi connectivity index (χ2n) is 9.27. The Morgan fingerprint density at radius 1 is 0.558 bits per heavy atom. The van der Waals surface area contributed by atoms with Crippen molar-refractivity contribution in [3.8, 4) is 23.0 Å². The van der Waals surface area contributed by atoms with Crippen molar-refractivity contribution in [1.29, 1.82) is 0 Å². The second-order valence-corrected chi connectivity index (χ2v) is 9.27. The minimum Gasteiger partial charge on any atom is -0.508 e. The number of carbonyl (C=O) groups is 4. The van der Waals surface area contributed by atoms with Gasteiger partial charge in [0.25, 0.3) is 0 Å². The Morgan fingerprint density at radius 2 is 1.09 bits per heavy atom. The van der Waals surface area contributed by atoms with E-state index in [1.54, 1.807) is 93.6 Å². The molecule has 0 aliphatic rings. The van der Waals surface area contributed by atoms with Crippen LogP contribution < -0.4 is 0 Å². The van der Waals surface area contributed by atoms with Crippen LogP contribution in [0.3, 0.4) is 0 Å². The molecular formula is C35H38O8. The van der Waals surface area contributed by atoms with Crippen LogP contribution in [0.15, 0.2) is 97.1 Å². The lowest BCUT2D eigenvalue weighted by atomic mass is 10.1. The highest BCUT2D eigenvalue weighted by molar-refractivity contribution is 5.98. The minimum atomic E-state index is -0.0249. The lowest BCUT2D eigenvalue weighted by Gasteiger charge is -1.99. The number of Topliss-reactive ketones (excluding diaryl/α,β-unsaturated/α-hetero) is 4. The number of hydrogen-bond donors (Lipinski definition) is 4. The average Bonchev–Trinajstić information content (AvgIpc) is 2.99. The highest BCUT2D eigenvalue weighted by Crippen LogP contribution is 2.17. The molecule has 226 valence electrons. The van der Waals surface area contributed by atoms with Crippen LogP contribution in [0.25, 0.3) is 0 Å². The van der Waals surface area contributed by atoms with Gasteiger partial charge in [-0.05, 0) is 80.1 Å². The monoisotopic (exact) mass is 586 g/mol. The fourth-order valence-electron chi connectivity index (χ4n) is 3.38. The molecule has 8 heteroatoms. The highest BCUT2D eigenvalue weighted by atomic mass is 16.3. The Bertz CT molecular complexity index is 1470. The summed E-state index contributed by atoms with van der Waals surface area (Å²) in [6.07, 6.45) is 1.35. The van der Waals surface area contributed by atoms with Crippen molar-refractivity contribution in [3.63, 3.8) is 0 Å². The highest BCUT2D eigenvalue weighted by Gasteiger charge is 2.06. The molecule has 43 heavy (non-hydrogen) atoms. The summed E-state index contributed by atoms with van der Waals surface area (Å²) in [5, 5.41) is 35.9. The lowest BCUT2D eigenvalue weighted by molar-refractivity contribution is -0.116. The van der Waals surface area contributed by atoms with Crippen LogP contribution in [0.4, 0.5) is 0 Å². The first-order chi connectivity index (χ1) is 20.4. The molecule has 0 aromatic heterocycles. The van der Waals surface area contributed by atoms with Crippen molar-refractivity contribution in [2.24, 2.45) is 0 Å². The van der Waals surface area contributed by atoms with Crippen LogP contribution >= 0.6 is 0 Å². The summed E-state index contributed by atoms with van der Waals surface area (Å²) in [6.45, 7) is 6.61. The van der Waals surface area contributed by atoms with E-state index in [9.17, 15) is 24.3 Å². The van der Waals surface area contributed by atoms with Crippen LogP contribution in [0.5, 0.6) is 23.0 Å². The zero-order valence-electron chi connectivity index (χ0n) is 24.8. The van der Waals surface area contributed by atoms with Gasteiger partial charge in [0.15, 0.2) is 17.3 Å². The van der Waals surface area contributed by atoms with E-state index in [2.05, 4.69) is 0 Å². The molecular weight excluding hydrogens is 548 g/mol. The predicted molar refractivity (Wildman–Crippen MR) is 166 cm³/mol. The normalized spacial score (nSPS) is 9.49. The van der Waals surface area contributed by atoms with E-state index >= 15 is 0 Å². The quantitative estimate of drug-likeness (QED) is 0.168. The number of benzene rings is 4. The summed E-state index contributed by atoms with van der Waals surface area (Å²) >= 11 is 0. The number of hydrogen-bond acceptors (Lipinski definition) is 8. The Hall–Kier alpha value is -5.24. The van der Waals surface area contributed by atoms with Gasteiger partial charge in [0, 0.05) is 30.4 Å². The summed E-state index contributed by atoms with van der Waals surface area (Å²) in [5.41, 5.74) is 2.55. The number of para-hydroxylation sites is 1. The number of ketones is 4. The molecule has 4 aromatic rings. The van der Waals surface area contributed by atoms with E-state index in [0.29, 0.717) is 36.0 Å². The van der Waals surface area contributed by atoms with Gasteiger partial charge in [-0.2, -0.15) is 0 Å². The molecule has 0 heterocycles. The molecule has 0 unspecified atom stereocenters. The van der Waals surface area contributed by atoms with E-state index in [0.717, 1.165) is 5.56 Å². The van der Waals surface area contributed by atoms with Gasteiger partial charge in [0.1, 0.15) is 28.8 Å². The van der Waals surface area contributed by atoms with Gasteiger partial charge in [-0.3, -0.25) is 19.2 Å². The molecule has 0 saturated carbocycles. The van der Waals surface area contributed by atoms with E-state index in [4.69, 9.17) is 15.3 Å². The summed E-state index contributed by atoms with van der Waals surface area (Å²) in [6, 6.07) is 25.8. The first kappa shape index (κ1) is 35.8.